The second-order valence-corrected chi connectivity index (χ2v) is 5.69. The maximum atomic E-state index is 3.84. The summed E-state index contributed by atoms with van der Waals surface area (Å²) in [6.07, 6.45) is 8.20. The van der Waals surface area contributed by atoms with E-state index in [1.165, 1.54) is 6.42 Å². The number of hydrogen-bond acceptors (Lipinski definition) is 1. The van der Waals surface area contributed by atoms with Crippen LogP contribution in [0.2, 0.25) is 0 Å². The summed E-state index contributed by atoms with van der Waals surface area (Å²) in [6, 6.07) is 0. The first-order chi connectivity index (χ1) is 6.64. The Labute approximate surface area is 91.6 Å². The molecule has 2 heteroatoms. The molecule has 0 spiro atoms. The van der Waals surface area contributed by atoms with Gasteiger partial charge in [0.1, 0.15) is 0 Å². The van der Waals surface area contributed by atoms with Crippen LogP contribution in [-0.4, -0.2) is 33.4 Å². The van der Waals surface area contributed by atoms with Crippen molar-refractivity contribution in [2.45, 2.75) is 24.9 Å². The molecular formula is C12H23NSi. The molecular weight excluding hydrogens is 186 g/mol. The average molecular weight is 209 g/mol. The highest BCUT2D eigenvalue weighted by molar-refractivity contribution is 6.15. The molecule has 1 unspecified atom stereocenters. The summed E-state index contributed by atoms with van der Waals surface area (Å²) in [6.45, 7) is 15.6. The summed E-state index contributed by atoms with van der Waals surface area (Å²) in [4.78, 5) is 2.45. The third kappa shape index (κ3) is 3.64. The van der Waals surface area contributed by atoms with Crippen LogP contribution in [0.5, 0.6) is 0 Å². The molecule has 0 bridgehead atoms. The molecule has 0 saturated heterocycles. The summed E-state index contributed by atoms with van der Waals surface area (Å²) in [5, 5.41) is 0.324. The summed E-state index contributed by atoms with van der Waals surface area (Å²) in [5.41, 5.74) is 0. The van der Waals surface area contributed by atoms with Crippen molar-refractivity contribution in [2.75, 3.05) is 13.1 Å². The number of hydrogen-bond donors (Lipinski definition) is 0. The molecule has 1 atom stereocenters. The van der Waals surface area contributed by atoms with Gasteiger partial charge in [-0.2, -0.15) is 0 Å². The molecule has 0 aromatic carbocycles. The van der Waals surface area contributed by atoms with Crippen LogP contribution in [0.3, 0.4) is 0 Å². The molecule has 0 aliphatic carbocycles. The van der Waals surface area contributed by atoms with E-state index in [4.69, 9.17) is 0 Å². The van der Waals surface area contributed by atoms with E-state index in [9.17, 15) is 0 Å². The fourth-order valence-electron chi connectivity index (χ4n) is 1.63. The number of rotatable bonds is 8. The minimum Gasteiger partial charge on any atom is -0.294 e. The zero-order chi connectivity index (χ0) is 11.0. The first-order valence-electron chi connectivity index (χ1n) is 5.22. The molecule has 80 valence electrons. The summed E-state index contributed by atoms with van der Waals surface area (Å²) in [7, 11) is 1.15. The Morgan fingerprint density at radius 1 is 1.14 bits per heavy atom. The van der Waals surface area contributed by atoms with Gasteiger partial charge in [-0.3, -0.25) is 4.90 Å². The maximum Gasteiger partial charge on any atom is 0.0288 e. The predicted molar refractivity (Wildman–Crippen MR) is 69.7 cm³/mol. The monoisotopic (exact) mass is 209 g/mol. The van der Waals surface area contributed by atoms with Crippen LogP contribution in [0.25, 0.3) is 0 Å². The molecule has 14 heavy (non-hydrogen) atoms. The van der Waals surface area contributed by atoms with E-state index >= 15 is 0 Å². The van der Waals surface area contributed by atoms with Crippen molar-refractivity contribution in [2.24, 2.45) is 0 Å². The topological polar surface area (TPSA) is 3.24 Å². The van der Waals surface area contributed by atoms with Crippen molar-refractivity contribution in [3.63, 3.8) is 0 Å². The van der Waals surface area contributed by atoms with Gasteiger partial charge < -0.3 is 0 Å². The van der Waals surface area contributed by atoms with E-state index in [1.807, 2.05) is 18.2 Å². The largest absolute Gasteiger partial charge is 0.294 e. The minimum atomic E-state index is 0.324. The van der Waals surface area contributed by atoms with Crippen molar-refractivity contribution >= 4 is 10.2 Å². The summed E-state index contributed by atoms with van der Waals surface area (Å²) in [5.74, 6) is 0. The van der Waals surface area contributed by atoms with E-state index in [0.29, 0.717) is 5.16 Å². The van der Waals surface area contributed by atoms with Gasteiger partial charge in [-0.05, 0) is 12.8 Å². The lowest BCUT2D eigenvalue weighted by Crippen LogP contribution is -2.48. The van der Waals surface area contributed by atoms with Crippen molar-refractivity contribution in [1.82, 2.24) is 4.90 Å². The normalized spacial score (nSPS) is 15.0. The molecule has 0 heterocycles. The minimum absolute atomic E-state index is 0.324. The van der Waals surface area contributed by atoms with Crippen LogP contribution in [0.4, 0.5) is 0 Å². The highest BCUT2D eigenvalue weighted by atomic mass is 28.1. The van der Waals surface area contributed by atoms with Crippen LogP contribution in [-0.2, 0) is 0 Å². The van der Waals surface area contributed by atoms with Crippen LogP contribution >= 0.6 is 0 Å². The SMILES string of the molecule is C=CCN(CC=C)C([SiH3])(CC)CC=C. The molecule has 0 radical (unpaired) electrons. The van der Waals surface area contributed by atoms with Crippen molar-refractivity contribution in [1.29, 1.82) is 0 Å². The van der Waals surface area contributed by atoms with Gasteiger partial charge in [0, 0.05) is 28.5 Å². The lowest BCUT2D eigenvalue weighted by Gasteiger charge is -2.39. The van der Waals surface area contributed by atoms with E-state index in [0.717, 1.165) is 29.8 Å². The second-order valence-electron chi connectivity index (χ2n) is 3.83. The third-order valence-corrected chi connectivity index (χ3v) is 4.56. The molecule has 0 aliphatic rings. The molecule has 0 aromatic heterocycles. The molecule has 0 rings (SSSR count). The Balaban J connectivity index is 4.60. The van der Waals surface area contributed by atoms with Gasteiger partial charge in [-0.15, -0.1) is 19.7 Å². The van der Waals surface area contributed by atoms with Gasteiger partial charge >= 0.3 is 0 Å². The standard InChI is InChI=1S/C12H23NSi/c1-5-9-12(14,8-4)13(10-6-2)11-7-3/h5-7H,1-3,8-11H2,4,14H3. The molecule has 1 nitrogen and oxygen atoms in total. The summed E-state index contributed by atoms with van der Waals surface area (Å²) >= 11 is 0. The lowest BCUT2D eigenvalue weighted by molar-refractivity contribution is 0.194. The summed E-state index contributed by atoms with van der Waals surface area (Å²) < 4.78 is 0. The first kappa shape index (κ1) is 13.4. The van der Waals surface area contributed by atoms with E-state index in [2.05, 4.69) is 31.6 Å². The zero-order valence-corrected chi connectivity index (χ0v) is 11.6. The Morgan fingerprint density at radius 3 is 1.93 bits per heavy atom. The fraction of sp³-hybridized carbons (Fsp3) is 0.500. The average Bonchev–Trinajstić information content (AvgIpc) is 2.18. The van der Waals surface area contributed by atoms with Crippen molar-refractivity contribution < 1.29 is 0 Å². The maximum absolute atomic E-state index is 3.84. The van der Waals surface area contributed by atoms with Crippen LogP contribution in [0.15, 0.2) is 38.0 Å². The Bertz CT molecular complexity index is 190. The van der Waals surface area contributed by atoms with Gasteiger partial charge in [0.25, 0.3) is 0 Å². The quantitative estimate of drug-likeness (QED) is 0.434. The van der Waals surface area contributed by atoms with Crippen LogP contribution in [0, 0.1) is 0 Å². The van der Waals surface area contributed by atoms with Gasteiger partial charge in [0.15, 0.2) is 0 Å². The molecule has 0 amide bonds. The fourth-order valence-corrected chi connectivity index (χ4v) is 2.29. The smallest absolute Gasteiger partial charge is 0.0288 e. The predicted octanol–water partition coefficient (Wildman–Crippen LogP) is 1.71. The van der Waals surface area contributed by atoms with Gasteiger partial charge in [-0.25, -0.2) is 0 Å². The second kappa shape index (κ2) is 6.79. The van der Waals surface area contributed by atoms with Crippen molar-refractivity contribution in [3.05, 3.63) is 38.0 Å². The van der Waals surface area contributed by atoms with Gasteiger partial charge in [0.05, 0.1) is 0 Å². The first-order valence-corrected chi connectivity index (χ1v) is 6.22. The number of nitrogens with zero attached hydrogens (tertiary/aromatic N) is 1. The highest BCUT2D eigenvalue weighted by Gasteiger charge is 2.26. The third-order valence-electron chi connectivity index (χ3n) is 2.81. The molecule has 0 N–H and O–H groups in total. The highest BCUT2D eigenvalue weighted by Crippen LogP contribution is 2.20. The van der Waals surface area contributed by atoms with Crippen LogP contribution in [0.1, 0.15) is 19.8 Å². The van der Waals surface area contributed by atoms with Crippen molar-refractivity contribution in [3.8, 4) is 0 Å². The Hall–Kier alpha value is -0.603. The Morgan fingerprint density at radius 2 is 1.64 bits per heavy atom. The van der Waals surface area contributed by atoms with E-state index < -0.39 is 0 Å². The van der Waals surface area contributed by atoms with E-state index in [1.54, 1.807) is 0 Å². The zero-order valence-electron chi connectivity index (χ0n) is 9.63. The lowest BCUT2D eigenvalue weighted by atomic mass is 10.1. The Kier molecular flexibility index (Phi) is 6.50. The molecule has 0 fully saturated rings. The molecule has 0 saturated carbocycles. The van der Waals surface area contributed by atoms with E-state index in [-0.39, 0.29) is 0 Å². The molecule has 0 aromatic rings. The molecule has 0 aliphatic heterocycles. The van der Waals surface area contributed by atoms with Gasteiger partial charge in [-0.1, -0.05) is 25.2 Å². The van der Waals surface area contributed by atoms with Gasteiger partial charge in [0.2, 0.25) is 0 Å². The van der Waals surface area contributed by atoms with Crippen LogP contribution < -0.4 is 0 Å².